The lowest BCUT2D eigenvalue weighted by Gasteiger charge is -2.25. The minimum atomic E-state index is -0.909. The van der Waals surface area contributed by atoms with Crippen LogP contribution >= 0.6 is 0 Å². The molecular formula is C21H24N2O4. The number of carboxylic acids is 1. The topological polar surface area (TPSA) is 86.7 Å². The van der Waals surface area contributed by atoms with E-state index in [0.717, 1.165) is 0 Å². The monoisotopic (exact) mass is 368 g/mol. The van der Waals surface area contributed by atoms with Crippen LogP contribution in [0.5, 0.6) is 0 Å². The number of amides is 1. The summed E-state index contributed by atoms with van der Waals surface area (Å²) in [6.07, 6.45) is 0. The van der Waals surface area contributed by atoms with Crippen molar-refractivity contribution in [2.45, 2.75) is 19.9 Å². The Morgan fingerprint density at radius 2 is 1.59 bits per heavy atom. The van der Waals surface area contributed by atoms with E-state index in [9.17, 15) is 14.4 Å². The molecule has 6 nitrogen and oxygen atoms in total. The van der Waals surface area contributed by atoms with E-state index in [2.05, 4.69) is 5.32 Å². The Hall–Kier alpha value is -2.99. The van der Waals surface area contributed by atoms with Crippen LogP contribution < -0.4 is 5.32 Å². The largest absolute Gasteiger partial charge is 0.481 e. The maximum atomic E-state index is 12.7. The number of aliphatic carboxylic acids is 1. The number of nitrogens with zero attached hydrogens (tertiary/aromatic N) is 1. The van der Waals surface area contributed by atoms with Crippen LogP contribution in [0.3, 0.4) is 0 Å². The van der Waals surface area contributed by atoms with Crippen LogP contribution in [0, 0.1) is 5.92 Å². The predicted molar refractivity (Wildman–Crippen MR) is 104 cm³/mol. The van der Waals surface area contributed by atoms with Gasteiger partial charge in [-0.05, 0) is 26.1 Å². The molecule has 0 radical (unpaired) electrons. The number of nitrogens with one attached hydrogen (secondary N) is 1. The molecule has 0 saturated carbocycles. The molecule has 2 aromatic rings. The summed E-state index contributed by atoms with van der Waals surface area (Å²) in [5, 5.41) is 11.8. The van der Waals surface area contributed by atoms with Gasteiger partial charge >= 0.3 is 5.97 Å². The standard InChI is InChI=1S/C21H24N2O4/c1-14(21(26)27)13-23(3)15(2)20(25)22-18-12-8-7-11-17(18)19(24)16-9-5-4-6-10-16/h4-12,14-15H,13H2,1-3H3,(H,22,25)(H,26,27). The third-order valence-corrected chi connectivity index (χ3v) is 4.49. The molecule has 142 valence electrons. The zero-order valence-corrected chi connectivity index (χ0v) is 15.7. The van der Waals surface area contributed by atoms with E-state index in [1.807, 2.05) is 6.07 Å². The van der Waals surface area contributed by atoms with Crippen LogP contribution in [0.1, 0.15) is 29.8 Å². The van der Waals surface area contributed by atoms with E-state index < -0.39 is 17.9 Å². The highest BCUT2D eigenvalue weighted by molar-refractivity contribution is 6.14. The van der Waals surface area contributed by atoms with Gasteiger partial charge < -0.3 is 10.4 Å². The molecule has 2 unspecified atom stereocenters. The molecule has 1 amide bonds. The molecule has 0 saturated heterocycles. The third kappa shape index (κ3) is 5.24. The molecule has 2 N–H and O–H groups in total. The average Bonchev–Trinajstić information content (AvgIpc) is 2.67. The van der Waals surface area contributed by atoms with Gasteiger partial charge in [0.2, 0.25) is 5.91 Å². The van der Waals surface area contributed by atoms with Crippen molar-refractivity contribution in [1.29, 1.82) is 0 Å². The highest BCUT2D eigenvalue weighted by Crippen LogP contribution is 2.20. The number of carbonyl (C=O) groups excluding carboxylic acids is 2. The number of carbonyl (C=O) groups is 3. The molecule has 0 aromatic heterocycles. The number of anilines is 1. The molecule has 0 aliphatic carbocycles. The van der Waals surface area contributed by atoms with Gasteiger partial charge in [-0.2, -0.15) is 0 Å². The summed E-state index contributed by atoms with van der Waals surface area (Å²) in [6, 6.07) is 15.2. The van der Waals surface area contributed by atoms with Crippen molar-refractivity contribution in [1.82, 2.24) is 4.90 Å². The molecule has 0 bridgehead atoms. The lowest BCUT2D eigenvalue weighted by atomic mass is 10.0. The van der Waals surface area contributed by atoms with Gasteiger partial charge in [-0.25, -0.2) is 0 Å². The zero-order valence-electron chi connectivity index (χ0n) is 15.7. The summed E-state index contributed by atoms with van der Waals surface area (Å²) in [6.45, 7) is 3.54. The molecular weight excluding hydrogens is 344 g/mol. The number of para-hydroxylation sites is 1. The Morgan fingerprint density at radius 1 is 1.00 bits per heavy atom. The number of hydrogen-bond acceptors (Lipinski definition) is 4. The molecule has 0 heterocycles. The maximum absolute atomic E-state index is 12.7. The first-order valence-electron chi connectivity index (χ1n) is 8.74. The van der Waals surface area contributed by atoms with Crippen molar-refractivity contribution >= 4 is 23.3 Å². The van der Waals surface area contributed by atoms with E-state index in [1.54, 1.807) is 74.3 Å². The maximum Gasteiger partial charge on any atom is 0.307 e. The summed E-state index contributed by atoms with van der Waals surface area (Å²) in [4.78, 5) is 38.0. The van der Waals surface area contributed by atoms with E-state index in [0.29, 0.717) is 16.8 Å². The Morgan fingerprint density at radius 3 is 2.22 bits per heavy atom. The van der Waals surface area contributed by atoms with Crippen molar-refractivity contribution < 1.29 is 19.5 Å². The van der Waals surface area contributed by atoms with E-state index >= 15 is 0 Å². The second-order valence-electron chi connectivity index (χ2n) is 6.58. The highest BCUT2D eigenvalue weighted by atomic mass is 16.4. The SMILES string of the molecule is CC(CN(C)C(C)C(=O)Nc1ccccc1C(=O)c1ccccc1)C(=O)O. The number of benzene rings is 2. The average molecular weight is 368 g/mol. The molecule has 2 rings (SSSR count). The number of rotatable bonds is 8. The minimum absolute atomic E-state index is 0.174. The summed E-state index contributed by atoms with van der Waals surface area (Å²) < 4.78 is 0. The van der Waals surface area contributed by atoms with Gasteiger partial charge in [-0.3, -0.25) is 19.3 Å². The first kappa shape index (κ1) is 20.3. The molecule has 0 aliphatic rings. The van der Waals surface area contributed by atoms with E-state index in [4.69, 9.17) is 5.11 Å². The number of likely N-dealkylation sites (N-methyl/N-ethyl adjacent to an activating group) is 1. The highest BCUT2D eigenvalue weighted by Gasteiger charge is 2.23. The van der Waals surface area contributed by atoms with Gasteiger partial charge in [0.1, 0.15) is 0 Å². The first-order valence-corrected chi connectivity index (χ1v) is 8.74. The normalized spacial score (nSPS) is 13.0. The molecule has 0 spiro atoms. The number of ketones is 1. The third-order valence-electron chi connectivity index (χ3n) is 4.49. The summed E-state index contributed by atoms with van der Waals surface area (Å²) in [5.74, 6) is -1.97. The summed E-state index contributed by atoms with van der Waals surface area (Å²) in [7, 11) is 1.70. The Bertz CT molecular complexity index is 820. The summed E-state index contributed by atoms with van der Waals surface area (Å²) >= 11 is 0. The molecule has 2 atom stereocenters. The van der Waals surface area contributed by atoms with Crippen molar-refractivity contribution in [3.05, 3.63) is 65.7 Å². The molecule has 0 aliphatic heterocycles. The van der Waals surface area contributed by atoms with E-state index in [-0.39, 0.29) is 18.2 Å². The fraction of sp³-hybridized carbons (Fsp3) is 0.286. The van der Waals surface area contributed by atoms with Crippen LogP contribution in [0.25, 0.3) is 0 Å². The second kappa shape index (κ2) is 9.09. The molecule has 27 heavy (non-hydrogen) atoms. The lowest BCUT2D eigenvalue weighted by molar-refractivity contribution is -0.142. The Balaban J connectivity index is 2.14. The van der Waals surface area contributed by atoms with Crippen molar-refractivity contribution in [3.63, 3.8) is 0 Å². The number of hydrogen-bond donors (Lipinski definition) is 2. The quantitative estimate of drug-likeness (QED) is 0.700. The predicted octanol–water partition coefficient (Wildman–Crippen LogP) is 2.90. The van der Waals surface area contributed by atoms with Crippen molar-refractivity contribution in [2.24, 2.45) is 5.92 Å². The first-order chi connectivity index (χ1) is 12.8. The fourth-order valence-electron chi connectivity index (χ4n) is 2.64. The van der Waals surface area contributed by atoms with Gasteiger partial charge in [-0.1, -0.05) is 49.4 Å². The van der Waals surface area contributed by atoms with Gasteiger partial charge in [0.05, 0.1) is 17.6 Å². The van der Waals surface area contributed by atoms with Crippen LogP contribution in [0.4, 0.5) is 5.69 Å². The Kier molecular flexibility index (Phi) is 6.85. The minimum Gasteiger partial charge on any atom is -0.481 e. The van der Waals surface area contributed by atoms with Crippen molar-refractivity contribution in [2.75, 3.05) is 18.9 Å². The summed E-state index contributed by atoms with van der Waals surface area (Å²) in [5.41, 5.74) is 1.38. The van der Waals surface area contributed by atoms with Gasteiger partial charge in [0.15, 0.2) is 5.78 Å². The molecule has 0 fully saturated rings. The van der Waals surface area contributed by atoms with Gasteiger partial charge in [-0.15, -0.1) is 0 Å². The van der Waals surface area contributed by atoms with Crippen LogP contribution in [-0.4, -0.2) is 47.3 Å². The van der Waals surface area contributed by atoms with Crippen LogP contribution in [-0.2, 0) is 9.59 Å². The molecule has 2 aromatic carbocycles. The number of carboxylic acid groups (broad SMARTS) is 1. The van der Waals surface area contributed by atoms with Crippen LogP contribution in [0.2, 0.25) is 0 Å². The second-order valence-corrected chi connectivity index (χ2v) is 6.58. The van der Waals surface area contributed by atoms with Gasteiger partial charge in [0.25, 0.3) is 0 Å². The zero-order chi connectivity index (χ0) is 20.0. The Labute approximate surface area is 158 Å². The van der Waals surface area contributed by atoms with Crippen molar-refractivity contribution in [3.8, 4) is 0 Å². The van der Waals surface area contributed by atoms with Crippen LogP contribution in [0.15, 0.2) is 54.6 Å². The van der Waals surface area contributed by atoms with E-state index in [1.165, 1.54) is 0 Å². The fourth-order valence-corrected chi connectivity index (χ4v) is 2.64. The molecule has 6 heteroatoms. The van der Waals surface area contributed by atoms with Gasteiger partial charge in [0, 0.05) is 17.7 Å². The smallest absolute Gasteiger partial charge is 0.307 e. The lowest BCUT2D eigenvalue weighted by Crippen LogP contribution is -2.42.